The van der Waals surface area contributed by atoms with Crippen molar-refractivity contribution in [2.75, 3.05) is 18.8 Å². The van der Waals surface area contributed by atoms with Gasteiger partial charge in [-0.05, 0) is 12.1 Å². The van der Waals surface area contributed by atoms with Crippen molar-refractivity contribution in [2.45, 2.75) is 0 Å². The molecule has 0 aliphatic heterocycles. The van der Waals surface area contributed by atoms with Crippen LogP contribution in [-0.2, 0) is 10.2 Å². The summed E-state index contributed by atoms with van der Waals surface area (Å²) in [6.07, 6.45) is 1.47. The van der Waals surface area contributed by atoms with Gasteiger partial charge in [-0.25, -0.2) is 0 Å². The molecule has 0 atom stereocenters. The number of hydrogen-bond donors (Lipinski definition) is 1. The Kier molecular flexibility index (Phi) is 2.79. The predicted octanol–water partition coefficient (Wildman–Crippen LogP) is -0.305. The van der Waals surface area contributed by atoms with Crippen LogP contribution in [0.25, 0.3) is 0 Å². The normalized spacial score (nSPS) is 11.6. The van der Waals surface area contributed by atoms with Crippen LogP contribution in [0.15, 0.2) is 18.3 Å². The molecule has 0 saturated heterocycles. The molecule has 0 bridgehead atoms. The summed E-state index contributed by atoms with van der Waals surface area (Å²) in [4.78, 5) is 0. The molecule has 0 spiro atoms. The monoisotopic (exact) mass is 202 g/mol. The van der Waals surface area contributed by atoms with Crippen LogP contribution in [0.4, 0.5) is 5.82 Å². The van der Waals surface area contributed by atoms with Gasteiger partial charge in [0.05, 0.1) is 0 Å². The minimum atomic E-state index is -3.47. The highest BCUT2D eigenvalue weighted by Crippen LogP contribution is 2.03. The molecular weight excluding hydrogens is 192 g/mol. The minimum Gasteiger partial charge on any atom is -0.253 e. The molecule has 0 saturated carbocycles. The molecule has 7 heteroatoms. The van der Waals surface area contributed by atoms with E-state index in [1.165, 1.54) is 26.4 Å². The van der Waals surface area contributed by atoms with Crippen molar-refractivity contribution in [1.82, 2.24) is 14.5 Å². The zero-order chi connectivity index (χ0) is 9.90. The third-order valence-electron chi connectivity index (χ3n) is 1.29. The summed E-state index contributed by atoms with van der Waals surface area (Å²) >= 11 is 0. The fourth-order valence-corrected chi connectivity index (χ4v) is 1.14. The van der Waals surface area contributed by atoms with Crippen molar-refractivity contribution in [2.24, 2.45) is 0 Å². The zero-order valence-corrected chi connectivity index (χ0v) is 8.11. The van der Waals surface area contributed by atoms with E-state index in [4.69, 9.17) is 0 Å². The smallest absolute Gasteiger partial charge is 0.253 e. The van der Waals surface area contributed by atoms with Gasteiger partial charge >= 0.3 is 10.2 Å². The van der Waals surface area contributed by atoms with E-state index in [1.54, 1.807) is 6.07 Å². The van der Waals surface area contributed by atoms with Gasteiger partial charge in [0.15, 0.2) is 5.82 Å². The van der Waals surface area contributed by atoms with E-state index in [1.807, 2.05) is 0 Å². The SMILES string of the molecule is CN(C)S(=O)(=O)Nc1cccnn1. The Hall–Kier alpha value is -1.21. The summed E-state index contributed by atoms with van der Waals surface area (Å²) in [6, 6.07) is 3.12. The van der Waals surface area contributed by atoms with Crippen molar-refractivity contribution >= 4 is 16.0 Å². The quantitative estimate of drug-likeness (QED) is 0.729. The van der Waals surface area contributed by atoms with Gasteiger partial charge in [0, 0.05) is 20.3 Å². The Morgan fingerprint density at radius 3 is 2.62 bits per heavy atom. The van der Waals surface area contributed by atoms with Gasteiger partial charge < -0.3 is 0 Å². The maximum atomic E-state index is 11.2. The summed E-state index contributed by atoms with van der Waals surface area (Å²) in [5.74, 6) is 0.205. The third kappa shape index (κ3) is 2.63. The average Bonchev–Trinajstić information content (AvgIpc) is 2.05. The first-order valence-electron chi connectivity index (χ1n) is 3.50. The van der Waals surface area contributed by atoms with Crippen molar-refractivity contribution in [1.29, 1.82) is 0 Å². The lowest BCUT2D eigenvalue weighted by Gasteiger charge is -2.11. The maximum Gasteiger partial charge on any atom is 0.302 e. The zero-order valence-electron chi connectivity index (χ0n) is 7.30. The summed E-state index contributed by atoms with van der Waals surface area (Å²) < 4.78 is 25.8. The molecule has 1 rings (SSSR count). The second-order valence-electron chi connectivity index (χ2n) is 2.50. The van der Waals surface area contributed by atoms with Crippen LogP contribution >= 0.6 is 0 Å². The van der Waals surface area contributed by atoms with E-state index in [-0.39, 0.29) is 5.82 Å². The number of hydrogen-bond acceptors (Lipinski definition) is 4. The van der Waals surface area contributed by atoms with Crippen molar-refractivity contribution in [3.05, 3.63) is 18.3 Å². The van der Waals surface area contributed by atoms with Crippen molar-refractivity contribution in [3.63, 3.8) is 0 Å². The summed E-state index contributed by atoms with van der Waals surface area (Å²) in [6.45, 7) is 0. The first kappa shape index (κ1) is 9.87. The van der Waals surface area contributed by atoms with Crippen LogP contribution in [0.3, 0.4) is 0 Å². The molecule has 72 valence electrons. The molecule has 1 N–H and O–H groups in total. The first-order valence-corrected chi connectivity index (χ1v) is 4.94. The van der Waals surface area contributed by atoms with Crippen LogP contribution in [0.1, 0.15) is 0 Å². The van der Waals surface area contributed by atoms with Gasteiger partial charge in [-0.2, -0.15) is 17.8 Å². The van der Waals surface area contributed by atoms with E-state index >= 15 is 0 Å². The summed E-state index contributed by atoms with van der Waals surface area (Å²) in [5, 5.41) is 7.11. The molecule has 0 aliphatic carbocycles. The lowest BCUT2D eigenvalue weighted by Crippen LogP contribution is -2.29. The van der Waals surface area contributed by atoms with Gasteiger partial charge in [-0.1, -0.05) is 0 Å². The average molecular weight is 202 g/mol. The molecule has 0 unspecified atom stereocenters. The Morgan fingerprint density at radius 1 is 1.46 bits per heavy atom. The Morgan fingerprint density at radius 2 is 2.15 bits per heavy atom. The van der Waals surface area contributed by atoms with Crippen LogP contribution in [0.2, 0.25) is 0 Å². The van der Waals surface area contributed by atoms with Crippen LogP contribution in [-0.4, -0.2) is 37.0 Å². The topological polar surface area (TPSA) is 75.2 Å². The van der Waals surface area contributed by atoms with Crippen molar-refractivity contribution in [3.8, 4) is 0 Å². The summed E-state index contributed by atoms with van der Waals surface area (Å²) in [7, 11) is -0.612. The minimum absolute atomic E-state index is 0.205. The number of rotatable bonds is 3. The highest BCUT2D eigenvalue weighted by atomic mass is 32.2. The molecule has 1 aromatic heterocycles. The Labute approximate surface area is 76.8 Å². The highest BCUT2D eigenvalue weighted by molar-refractivity contribution is 7.90. The number of nitrogens with zero attached hydrogens (tertiary/aromatic N) is 3. The van der Waals surface area contributed by atoms with E-state index in [0.717, 1.165) is 4.31 Å². The number of anilines is 1. The molecule has 1 heterocycles. The van der Waals surface area contributed by atoms with Gasteiger partial charge in [0.1, 0.15) is 0 Å². The van der Waals surface area contributed by atoms with Crippen LogP contribution < -0.4 is 4.72 Å². The van der Waals surface area contributed by atoms with Crippen LogP contribution in [0, 0.1) is 0 Å². The number of nitrogens with one attached hydrogen (secondary N) is 1. The standard InChI is InChI=1S/C6H10N4O2S/c1-10(2)13(11,12)9-6-4-3-5-7-8-6/h3-5H,1-2H3,(H,8,9). The van der Waals surface area contributed by atoms with Crippen LogP contribution in [0.5, 0.6) is 0 Å². The molecule has 6 nitrogen and oxygen atoms in total. The third-order valence-corrected chi connectivity index (χ3v) is 2.72. The molecule has 0 amide bonds. The Balaban J connectivity index is 2.82. The largest absolute Gasteiger partial charge is 0.302 e. The van der Waals surface area contributed by atoms with Gasteiger partial charge in [-0.15, -0.1) is 5.10 Å². The van der Waals surface area contributed by atoms with E-state index in [9.17, 15) is 8.42 Å². The number of aromatic nitrogens is 2. The molecule has 0 aromatic carbocycles. The molecule has 0 radical (unpaired) electrons. The fraction of sp³-hybridized carbons (Fsp3) is 0.333. The fourth-order valence-electron chi connectivity index (χ4n) is 0.579. The molecule has 13 heavy (non-hydrogen) atoms. The maximum absolute atomic E-state index is 11.2. The van der Waals surface area contributed by atoms with Crippen molar-refractivity contribution < 1.29 is 8.42 Å². The van der Waals surface area contributed by atoms with E-state index in [0.29, 0.717) is 0 Å². The Bertz CT molecular complexity index is 361. The highest BCUT2D eigenvalue weighted by Gasteiger charge is 2.12. The van der Waals surface area contributed by atoms with E-state index < -0.39 is 10.2 Å². The molecule has 1 aromatic rings. The lowest BCUT2D eigenvalue weighted by molar-refractivity contribution is 0.526. The van der Waals surface area contributed by atoms with Gasteiger partial charge in [0.25, 0.3) is 0 Å². The second kappa shape index (κ2) is 3.67. The second-order valence-corrected chi connectivity index (χ2v) is 4.38. The summed E-state index contributed by atoms with van der Waals surface area (Å²) in [5.41, 5.74) is 0. The van der Waals surface area contributed by atoms with E-state index in [2.05, 4.69) is 14.9 Å². The lowest BCUT2D eigenvalue weighted by atomic mass is 10.6. The first-order chi connectivity index (χ1) is 6.02. The molecule has 0 fully saturated rings. The van der Waals surface area contributed by atoms with Gasteiger partial charge in [-0.3, -0.25) is 4.72 Å². The molecule has 0 aliphatic rings. The van der Waals surface area contributed by atoms with Gasteiger partial charge in [0.2, 0.25) is 0 Å². The molecular formula is C6H10N4O2S. The predicted molar refractivity (Wildman–Crippen MR) is 48.3 cm³/mol.